The molecule has 25 heteroatoms. The van der Waals surface area contributed by atoms with Gasteiger partial charge >= 0.3 is 11.9 Å². The van der Waals surface area contributed by atoms with Crippen LogP contribution in [0.3, 0.4) is 0 Å². The molecule has 25 nitrogen and oxygen atoms in total. The SMILES string of the molecule is CC(=O)N[C@H]1[C@H](C)[C@H]2O[C@H]3O[C@@H](C(=O)OCC(O)CCCCC(O)CCOC(=O)[C@@H]4O[C@H](O[C@@H]5[C@@H](O)[C@H](NC(C)=O)[C@@H](C)O[C@H]5COCC(O)CCCCC(O)COC[C@@H]2O[C@@H]1C)[C@@H](O)[C@H](O)[C@H]4C)[C@H](C)[C@@H](O)[C@@H]3O. The Labute approximate surface area is 438 Å². The summed E-state index contributed by atoms with van der Waals surface area (Å²) < 4.78 is 59.3. The minimum Gasteiger partial charge on any atom is -0.464 e. The van der Waals surface area contributed by atoms with Gasteiger partial charge in [0.25, 0.3) is 0 Å². The van der Waals surface area contributed by atoms with E-state index in [1.54, 1.807) is 20.8 Å². The van der Waals surface area contributed by atoms with Crippen LogP contribution in [0.15, 0.2) is 0 Å². The number of nitrogens with one attached hydrogen (secondary N) is 2. The largest absolute Gasteiger partial charge is 0.464 e. The van der Waals surface area contributed by atoms with Gasteiger partial charge in [0.2, 0.25) is 11.8 Å². The zero-order valence-electron chi connectivity index (χ0n) is 44.2. The minimum absolute atomic E-state index is 0.0207. The summed E-state index contributed by atoms with van der Waals surface area (Å²) in [6, 6.07) is -1.56. The molecule has 5 saturated heterocycles. The lowest BCUT2D eigenvalue weighted by molar-refractivity contribution is -0.324. The summed E-state index contributed by atoms with van der Waals surface area (Å²) in [5, 5.41) is 105. The van der Waals surface area contributed by atoms with Crippen molar-refractivity contribution in [3.05, 3.63) is 0 Å². The first-order chi connectivity index (χ1) is 35.5. The van der Waals surface area contributed by atoms with Crippen LogP contribution in [0, 0.1) is 17.8 Å². The lowest BCUT2D eigenvalue weighted by Gasteiger charge is -2.48. The highest BCUT2D eigenvalue weighted by Gasteiger charge is 2.53. The number of fused-ring (bicyclic) bond motifs is 6. The molecular formula is C50H86N2O23. The second kappa shape index (κ2) is 30.0. The van der Waals surface area contributed by atoms with Crippen molar-refractivity contribution < 1.29 is 113 Å². The maximum atomic E-state index is 13.4. The number of cyclic esters (lactones) is 2. The summed E-state index contributed by atoms with van der Waals surface area (Å²) in [6.07, 6.45) is -20.6. The summed E-state index contributed by atoms with van der Waals surface area (Å²) in [6.45, 7) is 9.46. The number of ether oxygens (including phenoxy) is 10. The first-order valence-electron chi connectivity index (χ1n) is 26.6. The van der Waals surface area contributed by atoms with Gasteiger partial charge in [-0.1, -0.05) is 46.5 Å². The lowest BCUT2D eigenvalue weighted by Crippen LogP contribution is -2.66. The maximum Gasteiger partial charge on any atom is 0.335 e. The number of esters is 2. The van der Waals surface area contributed by atoms with E-state index in [9.17, 15) is 65.1 Å². The molecule has 5 heterocycles. The van der Waals surface area contributed by atoms with Crippen molar-refractivity contribution in [2.75, 3.05) is 39.6 Å². The van der Waals surface area contributed by atoms with Crippen LogP contribution in [0.1, 0.15) is 106 Å². The first-order valence-corrected chi connectivity index (χ1v) is 26.6. The van der Waals surface area contributed by atoms with Crippen molar-refractivity contribution >= 4 is 23.8 Å². The molecule has 0 aliphatic carbocycles. The van der Waals surface area contributed by atoms with Gasteiger partial charge in [-0.05, 0) is 39.5 Å². The highest BCUT2D eigenvalue weighted by Crippen LogP contribution is 2.35. The standard InChI is InChI=1S/C50H86N2O23/c1-23-36(51-28(6)53)26(4)70-34-21-66-18-31(56)13-10-11-14-32(57)19-67-22-35-46(40(61)37(27(5)71-35)52-29(7)54)75-50-42(63)38(59)24(2)44(73-50)47(64)68-17-16-30(55)12-8-9-15-33(58)20-69-48(65)45-25(3)39(60)41(62)49(74-45)72-43(23)34/h23-27,30-46,49-50,55-63H,8-22H2,1-7H3,(H,51,53)(H,52,54)/t23-,24+,25+,26+,27+,30?,31?,32?,33?,34-,35-,36-,37+,38+,39+,40-,41-,42-,43+,44+,45+,46-,49-,50+/m0/s1. The van der Waals surface area contributed by atoms with E-state index in [0.717, 1.165) is 0 Å². The second-order valence-electron chi connectivity index (χ2n) is 21.1. The predicted molar refractivity (Wildman–Crippen MR) is 258 cm³/mol. The third-order valence-corrected chi connectivity index (χ3v) is 14.9. The topological polar surface area (TPSA) is 367 Å². The van der Waals surface area contributed by atoms with Gasteiger partial charge in [0.15, 0.2) is 24.8 Å². The van der Waals surface area contributed by atoms with E-state index in [1.165, 1.54) is 27.7 Å². The fourth-order valence-electron chi connectivity index (χ4n) is 10.4. The summed E-state index contributed by atoms with van der Waals surface area (Å²) in [5.41, 5.74) is 0. The van der Waals surface area contributed by atoms with Crippen LogP contribution >= 0.6 is 0 Å². The molecule has 5 aliphatic rings. The molecular weight excluding hydrogens is 997 g/mol. The lowest BCUT2D eigenvalue weighted by atomic mass is 9.85. The zero-order valence-corrected chi connectivity index (χ0v) is 44.2. The Morgan fingerprint density at radius 3 is 1.35 bits per heavy atom. The fraction of sp³-hybridized carbons (Fsp3) is 0.920. The van der Waals surface area contributed by atoms with E-state index >= 15 is 0 Å². The molecule has 0 aromatic heterocycles. The van der Waals surface area contributed by atoms with Crippen LogP contribution in [0.2, 0.25) is 0 Å². The summed E-state index contributed by atoms with van der Waals surface area (Å²) in [7, 11) is 0. The summed E-state index contributed by atoms with van der Waals surface area (Å²) >= 11 is 0. The molecule has 0 radical (unpaired) electrons. The second-order valence-corrected chi connectivity index (χ2v) is 21.1. The molecule has 4 bridgehead atoms. The number of carbonyl (C=O) groups is 4. The van der Waals surface area contributed by atoms with Gasteiger partial charge in [-0.25, -0.2) is 9.59 Å². The third kappa shape index (κ3) is 17.9. The highest BCUT2D eigenvalue weighted by molar-refractivity contribution is 5.76. The van der Waals surface area contributed by atoms with Gasteiger partial charge < -0.3 is 104 Å². The van der Waals surface area contributed by atoms with Crippen molar-refractivity contribution in [3.8, 4) is 0 Å². The van der Waals surface area contributed by atoms with Gasteiger partial charge in [0, 0.05) is 38.0 Å². The molecule has 4 unspecified atom stereocenters. The minimum atomic E-state index is -1.71. The number of aliphatic hydroxyl groups is 9. The van der Waals surface area contributed by atoms with Crippen molar-refractivity contribution in [1.29, 1.82) is 0 Å². The molecule has 0 aromatic carbocycles. The van der Waals surface area contributed by atoms with E-state index in [-0.39, 0.29) is 64.6 Å². The van der Waals surface area contributed by atoms with E-state index in [1.807, 2.05) is 0 Å². The van der Waals surface area contributed by atoms with Crippen LogP contribution in [-0.2, 0) is 66.5 Å². The van der Waals surface area contributed by atoms with E-state index < -0.39 is 171 Å². The number of hydrogen-bond acceptors (Lipinski definition) is 23. The highest BCUT2D eigenvalue weighted by atomic mass is 16.7. The van der Waals surface area contributed by atoms with Gasteiger partial charge in [-0.15, -0.1) is 0 Å². The number of aliphatic hydroxyl groups excluding tert-OH is 9. The van der Waals surface area contributed by atoms with Crippen LogP contribution in [0.5, 0.6) is 0 Å². The van der Waals surface area contributed by atoms with Crippen LogP contribution in [0.25, 0.3) is 0 Å². The van der Waals surface area contributed by atoms with Crippen LogP contribution in [-0.4, -0.2) is 238 Å². The van der Waals surface area contributed by atoms with Gasteiger partial charge in [-0.2, -0.15) is 0 Å². The molecule has 75 heavy (non-hydrogen) atoms. The number of hydrogen-bond donors (Lipinski definition) is 11. The van der Waals surface area contributed by atoms with Crippen LogP contribution < -0.4 is 10.6 Å². The summed E-state index contributed by atoms with van der Waals surface area (Å²) in [5.74, 6) is -5.06. The van der Waals surface area contributed by atoms with Crippen LogP contribution in [0.4, 0.5) is 0 Å². The average Bonchev–Trinajstić information content (AvgIpc) is 3.35. The number of rotatable bonds is 2. The Morgan fingerprint density at radius 2 is 0.853 bits per heavy atom. The van der Waals surface area contributed by atoms with E-state index in [2.05, 4.69) is 10.6 Å². The van der Waals surface area contributed by atoms with Crippen molar-refractivity contribution in [1.82, 2.24) is 10.6 Å². The van der Waals surface area contributed by atoms with Gasteiger partial charge in [0.05, 0.1) is 100 Å². The van der Waals surface area contributed by atoms with Gasteiger partial charge in [0.1, 0.15) is 43.2 Å². The zero-order chi connectivity index (χ0) is 55.3. The monoisotopic (exact) mass is 1080 g/mol. The molecule has 11 N–H and O–H groups in total. The van der Waals surface area contributed by atoms with Crippen molar-refractivity contribution in [3.63, 3.8) is 0 Å². The Hall–Kier alpha value is -2.80. The molecule has 0 saturated carbocycles. The number of carbonyl (C=O) groups excluding carboxylic acids is 4. The molecule has 434 valence electrons. The summed E-state index contributed by atoms with van der Waals surface area (Å²) in [4.78, 5) is 51.1. The van der Waals surface area contributed by atoms with Gasteiger partial charge in [-0.3, -0.25) is 9.59 Å². The smallest absolute Gasteiger partial charge is 0.335 e. The Bertz CT molecular complexity index is 1770. The molecule has 5 aliphatic heterocycles. The molecule has 0 aromatic rings. The molecule has 24 atom stereocenters. The number of amides is 2. The van der Waals surface area contributed by atoms with Crippen molar-refractivity contribution in [2.45, 2.75) is 235 Å². The van der Waals surface area contributed by atoms with Crippen molar-refractivity contribution in [2.24, 2.45) is 17.8 Å². The average molecular weight is 1080 g/mol. The van der Waals surface area contributed by atoms with E-state index in [4.69, 9.17) is 47.4 Å². The molecule has 2 amide bonds. The Balaban J connectivity index is 1.27. The first kappa shape index (κ1) is 63.0. The van der Waals surface area contributed by atoms with E-state index in [0.29, 0.717) is 32.1 Å². The normalized spacial score (nSPS) is 44.7. The maximum absolute atomic E-state index is 13.4. The molecule has 5 rings (SSSR count). The third-order valence-electron chi connectivity index (χ3n) is 14.9. The molecule has 5 fully saturated rings. The molecule has 0 spiro atoms. The predicted octanol–water partition coefficient (Wildman–Crippen LogP) is -2.41. The quantitative estimate of drug-likeness (QED) is 0.128. The Kier molecular flexibility index (Phi) is 25.2. The Morgan fingerprint density at radius 1 is 0.440 bits per heavy atom. The fourth-order valence-corrected chi connectivity index (χ4v) is 10.4.